The largest absolute Gasteiger partial charge is 0.475 e. The number of hydrogen-bond donors (Lipinski definition) is 0. The van der Waals surface area contributed by atoms with Gasteiger partial charge in [0, 0.05) is 47.2 Å². The summed E-state index contributed by atoms with van der Waals surface area (Å²) in [6.07, 6.45) is 8.98. The van der Waals surface area contributed by atoms with Crippen LogP contribution in [0.4, 0.5) is 4.39 Å². The lowest BCUT2D eigenvalue weighted by Crippen LogP contribution is -2.57. The Morgan fingerprint density at radius 3 is 2.68 bits per heavy atom. The molecule has 1 amide bonds. The van der Waals surface area contributed by atoms with Crippen molar-refractivity contribution < 1.29 is 13.9 Å². The van der Waals surface area contributed by atoms with E-state index in [0.717, 1.165) is 49.5 Å². The molecule has 3 atom stereocenters. The average Bonchev–Trinajstić information content (AvgIpc) is 3.67. The van der Waals surface area contributed by atoms with E-state index in [1.165, 1.54) is 6.08 Å². The summed E-state index contributed by atoms with van der Waals surface area (Å²) in [7, 11) is 0. The summed E-state index contributed by atoms with van der Waals surface area (Å²) in [4.78, 5) is 27.5. The highest BCUT2D eigenvalue weighted by Crippen LogP contribution is 2.44. The minimum Gasteiger partial charge on any atom is -0.475 e. The number of carbonyl (C=O) groups excluding carboxylic acids is 1. The Morgan fingerprint density at radius 1 is 1.19 bits per heavy atom. The Balaban J connectivity index is 1.30. The van der Waals surface area contributed by atoms with Crippen molar-refractivity contribution in [2.75, 3.05) is 45.9 Å². The molecule has 4 heterocycles. The SMILES string of the molecule is [C-]#[N+]C[C@H]1CN(C2=C(C#N)C(OCC34CCCN3CCC4)=NC3C=C(c4cccc5cccc(Cl)c45)C(F)=CC23)CCN1C(=O)C=C. The van der Waals surface area contributed by atoms with Gasteiger partial charge in [-0.15, -0.1) is 0 Å². The van der Waals surface area contributed by atoms with E-state index in [-0.39, 0.29) is 29.5 Å². The van der Waals surface area contributed by atoms with E-state index in [9.17, 15) is 10.1 Å². The van der Waals surface area contributed by atoms with Gasteiger partial charge in [0.2, 0.25) is 18.3 Å². The predicted octanol–water partition coefficient (Wildman–Crippen LogP) is 6.18. The van der Waals surface area contributed by atoms with Crippen LogP contribution in [-0.4, -0.2) is 90.0 Å². The molecule has 3 fully saturated rings. The van der Waals surface area contributed by atoms with Gasteiger partial charge in [-0.05, 0) is 74.0 Å². The lowest BCUT2D eigenvalue weighted by molar-refractivity contribution is -0.130. The minimum atomic E-state index is -0.575. The zero-order valence-corrected chi connectivity index (χ0v) is 26.9. The fourth-order valence-electron chi connectivity index (χ4n) is 8.26. The summed E-state index contributed by atoms with van der Waals surface area (Å²) in [5.41, 5.74) is 1.92. The number of dihydropyridines is 1. The third-order valence-corrected chi connectivity index (χ3v) is 10.8. The minimum absolute atomic E-state index is 0.0588. The zero-order valence-electron chi connectivity index (χ0n) is 26.2. The zero-order chi connectivity index (χ0) is 32.7. The van der Waals surface area contributed by atoms with Gasteiger partial charge in [0.25, 0.3) is 0 Å². The number of allylic oxidation sites excluding steroid dienone is 2. The number of nitriles is 1. The van der Waals surface area contributed by atoms with Gasteiger partial charge in [-0.3, -0.25) is 9.69 Å². The molecule has 3 saturated heterocycles. The number of rotatable bonds is 6. The molecule has 0 bridgehead atoms. The Hall–Kier alpha value is -4.44. The van der Waals surface area contributed by atoms with Crippen LogP contribution >= 0.6 is 11.6 Å². The Morgan fingerprint density at radius 2 is 1.96 bits per heavy atom. The van der Waals surface area contributed by atoms with E-state index in [1.807, 2.05) is 41.3 Å². The van der Waals surface area contributed by atoms with Crippen molar-refractivity contribution in [3.63, 3.8) is 0 Å². The van der Waals surface area contributed by atoms with Gasteiger partial charge < -0.3 is 19.4 Å². The van der Waals surface area contributed by atoms with Gasteiger partial charge in [0.15, 0.2) is 0 Å². The van der Waals surface area contributed by atoms with E-state index < -0.39 is 23.8 Å². The number of hydrogen-bond acceptors (Lipinski definition) is 6. The number of aliphatic imine (C=N–C) groups is 1. The van der Waals surface area contributed by atoms with Crippen molar-refractivity contribution >= 4 is 39.8 Å². The number of ether oxygens (including phenoxy) is 1. The molecule has 2 aromatic rings. The molecule has 240 valence electrons. The second-order valence-electron chi connectivity index (χ2n) is 12.9. The normalized spacial score (nSPS) is 25.3. The summed E-state index contributed by atoms with van der Waals surface area (Å²) >= 11 is 6.66. The maximum atomic E-state index is 16.4. The molecule has 0 saturated carbocycles. The first-order valence-electron chi connectivity index (χ1n) is 16.3. The summed E-state index contributed by atoms with van der Waals surface area (Å²) in [5, 5.41) is 12.9. The van der Waals surface area contributed by atoms with Gasteiger partial charge in [-0.1, -0.05) is 48.5 Å². The number of amides is 1. The molecular formula is C37H36ClFN6O2. The highest BCUT2D eigenvalue weighted by molar-refractivity contribution is 6.36. The fourth-order valence-corrected chi connectivity index (χ4v) is 8.55. The standard InChI is InChI=1S/C37H36ClFN6O2/c1-3-33(46)45-17-16-43(22-25(45)21-41-2)35-28-18-31(39)27(26-10-4-8-24-9-5-11-30(38)34(24)26)19-32(28)42-36(29(35)20-40)47-23-37-12-6-14-44(37)15-7-13-37/h3-5,8-11,18-19,25,28,32H,1,6-7,12-17,21-23H2/t25-,28?,32?/m0/s1. The lowest BCUT2D eigenvalue weighted by atomic mass is 9.81. The van der Waals surface area contributed by atoms with Crippen LogP contribution in [0.1, 0.15) is 31.2 Å². The lowest BCUT2D eigenvalue weighted by Gasteiger charge is -2.44. The van der Waals surface area contributed by atoms with Crippen molar-refractivity contribution in [1.29, 1.82) is 5.26 Å². The Kier molecular flexibility index (Phi) is 8.38. The summed E-state index contributed by atoms with van der Waals surface area (Å²) in [5.74, 6) is -0.959. The number of fused-ring (bicyclic) bond motifs is 3. The molecule has 0 N–H and O–H groups in total. The molecule has 4 aliphatic heterocycles. The first-order valence-corrected chi connectivity index (χ1v) is 16.6. The van der Waals surface area contributed by atoms with E-state index >= 15 is 4.39 Å². The van der Waals surface area contributed by atoms with Crippen molar-refractivity contribution in [3.8, 4) is 6.07 Å². The van der Waals surface area contributed by atoms with Gasteiger partial charge in [-0.25, -0.2) is 16.0 Å². The number of piperazine rings is 1. The van der Waals surface area contributed by atoms with Crippen LogP contribution in [0.5, 0.6) is 0 Å². The topological polar surface area (TPSA) is 76.5 Å². The van der Waals surface area contributed by atoms with E-state index in [2.05, 4.69) is 22.4 Å². The van der Waals surface area contributed by atoms with Crippen LogP contribution in [-0.2, 0) is 9.53 Å². The number of benzene rings is 2. The molecule has 2 unspecified atom stereocenters. The van der Waals surface area contributed by atoms with E-state index in [0.29, 0.717) is 48.1 Å². The van der Waals surface area contributed by atoms with Crippen molar-refractivity contribution in [2.45, 2.75) is 43.3 Å². The molecule has 8 nitrogen and oxygen atoms in total. The van der Waals surface area contributed by atoms with Gasteiger partial charge in [-0.2, -0.15) is 5.26 Å². The van der Waals surface area contributed by atoms with E-state index in [4.69, 9.17) is 27.9 Å². The second-order valence-corrected chi connectivity index (χ2v) is 13.4. The number of halogens is 2. The second kappa shape index (κ2) is 12.6. The maximum absolute atomic E-state index is 16.4. The van der Waals surface area contributed by atoms with E-state index in [1.54, 1.807) is 17.0 Å². The summed E-state index contributed by atoms with van der Waals surface area (Å²) in [6.45, 7) is 14.9. The predicted molar refractivity (Wildman–Crippen MR) is 181 cm³/mol. The molecular weight excluding hydrogens is 615 g/mol. The monoisotopic (exact) mass is 650 g/mol. The van der Waals surface area contributed by atoms with Crippen molar-refractivity contribution in [3.05, 3.63) is 100 Å². The Labute approximate surface area is 279 Å². The number of nitrogens with zero attached hydrogens (tertiary/aromatic N) is 6. The molecule has 1 aliphatic carbocycles. The van der Waals surface area contributed by atoms with Crippen LogP contribution in [0.3, 0.4) is 0 Å². The van der Waals surface area contributed by atoms with Gasteiger partial charge in [0.1, 0.15) is 30.1 Å². The van der Waals surface area contributed by atoms with Gasteiger partial charge >= 0.3 is 0 Å². The molecule has 47 heavy (non-hydrogen) atoms. The molecule has 0 spiro atoms. The van der Waals surface area contributed by atoms with Crippen LogP contribution in [0, 0.1) is 23.8 Å². The maximum Gasteiger partial charge on any atom is 0.246 e. The van der Waals surface area contributed by atoms with Crippen LogP contribution < -0.4 is 0 Å². The molecule has 10 heteroatoms. The van der Waals surface area contributed by atoms with Crippen molar-refractivity contribution in [2.24, 2.45) is 10.9 Å². The molecule has 5 aliphatic rings. The first kappa shape index (κ1) is 31.2. The average molecular weight is 651 g/mol. The Bertz CT molecular complexity index is 1840. The van der Waals surface area contributed by atoms with Crippen molar-refractivity contribution in [1.82, 2.24) is 14.7 Å². The highest BCUT2D eigenvalue weighted by atomic mass is 35.5. The molecule has 2 aromatic carbocycles. The molecule has 7 rings (SSSR count). The summed E-state index contributed by atoms with van der Waals surface area (Å²) < 4.78 is 22.9. The smallest absolute Gasteiger partial charge is 0.246 e. The third-order valence-electron chi connectivity index (χ3n) is 10.5. The molecule has 0 aromatic heterocycles. The van der Waals surface area contributed by atoms with Crippen LogP contribution in [0.15, 0.2) is 83.3 Å². The highest BCUT2D eigenvalue weighted by Gasteiger charge is 2.46. The van der Waals surface area contributed by atoms with Gasteiger partial charge in [0.05, 0.1) is 11.6 Å². The first-order chi connectivity index (χ1) is 22.9. The fraction of sp³-hybridized carbons (Fsp3) is 0.405. The van der Waals surface area contributed by atoms with Crippen LogP contribution in [0.25, 0.3) is 21.2 Å². The third kappa shape index (κ3) is 5.42. The number of carbonyl (C=O) groups is 1. The quantitative estimate of drug-likeness (QED) is 0.276. The molecule has 0 radical (unpaired) electrons. The summed E-state index contributed by atoms with van der Waals surface area (Å²) in [6, 6.07) is 12.8. The van der Waals surface area contributed by atoms with Crippen LogP contribution in [0.2, 0.25) is 5.02 Å².